The van der Waals surface area contributed by atoms with Crippen LogP contribution in [-0.2, 0) is 0 Å². The minimum absolute atomic E-state index is 0.101. The van der Waals surface area contributed by atoms with Gasteiger partial charge in [0.25, 0.3) is 5.91 Å². The van der Waals surface area contributed by atoms with Gasteiger partial charge in [0.2, 0.25) is 0 Å². The zero-order valence-electron chi connectivity index (χ0n) is 11.1. The number of rotatable bonds is 3. The second-order valence-corrected chi connectivity index (χ2v) is 4.73. The molecule has 0 aliphatic heterocycles. The Hall–Kier alpha value is -2.40. The molecule has 21 heavy (non-hydrogen) atoms. The maximum atomic E-state index is 13.2. The summed E-state index contributed by atoms with van der Waals surface area (Å²) in [5.74, 6) is -1.20. The highest BCUT2D eigenvalue weighted by Gasteiger charge is 2.09. The first kappa shape index (κ1) is 15.0. The lowest BCUT2D eigenvalue weighted by Crippen LogP contribution is -2.17. The maximum Gasteiger partial charge on any atom is 0.275 e. The molecular weight excluding hydrogens is 295 g/mol. The second kappa shape index (κ2) is 6.37. The number of carbonyl (C=O) groups excluding carboxylic acids is 1. The number of nitrogens with one attached hydrogen (secondary N) is 1. The van der Waals surface area contributed by atoms with E-state index in [4.69, 9.17) is 11.6 Å². The first-order valence-corrected chi connectivity index (χ1v) is 6.44. The van der Waals surface area contributed by atoms with Crippen molar-refractivity contribution in [2.24, 2.45) is 5.10 Å². The molecule has 0 spiro atoms. The minimum Gasteiger partial charge on any atom is -0.507 e. The number of hydrazone groups is 1. The highest BCUT2D eigenvalue weighted by molar-refractivity contribution is 6.31. The second-order valence-electron chi connectivity index (χ2n) is 4.32. The zero-order valence-corrected chi connectivity index (χ0v) is 11.9. The molecule has 0 aliphatic carbocycles. The van der Waals surface area contributed by atoms with E-state index in [1.54, 1.807) is 19.1 Å². The Morgan fingerprint density at radius 1 is 1.38 bits per heavy atom. The molecule has 0 radical (unpaired) electrons. The first-order chi connectivity index (χ1) is 9.99. The number of nitrogens with zero attached hydrogens (tertiary/aromatic N) is 1. The third-order valence-corrected chi connectivity index (χ3v) is 3.26. The molecule has 2 N–H and O–H groups in total. The van der Waals surface area contributed by atoms with Gasteiger partial charge in [0.1, 0.15) is 11.6 Å². The Kier molecular flexibility index (Phi) is 4.55. The van der Waals surface area contributed by atoms with E-state index in [9.17, 15) is 14.3 Å². The number of halogens is 2. The van der Waals surface area contributed by atoms with E-state index in [2.05, 4.69) is 10.5 Å². The van der Waals surface area contributed by atoms with Crippen molar-refractivity contribution in [1.29, 1.82) is 0 Å². The van der Waals surface area contributed by atoms with Crippen LogP contribution in [0.2, 0.25) is 5.02 Å². The molecule has 0 bridgehead atoms. The lowest BCUT2D eigenvalue weighted by Gasteiger charge is -2.04. The van der Waals surface area contributed by atoms with Crippen molar-refractivity contribution in [2.75, 3.05) is 0 Å². The molecule has 0 saturated heterocycles. The third kappa shape index (κ3) is 3.58. The van der Waals surface area contributed by atoms with E-state index in [0.717, 1.165) is 0 Å². The molecule has 2 aromatic carbocycles. The fourth-order valence-electron chi connectivity index (χ4n) is 1.69. The Morgan fingerprint density at radius 2 is 2.10 bits per heavy atom. The number of hydrogen-bond donors (Lipinski definition) is 2. The molecule has 0 heterocycles. The number of phenolic OH excluding ortho intramolecular Hbond substituents is 1. The van der Waals surface area contributed by atoms with Gasteiger partial charge in [0.05, 0.1) is 11.8 Å². The van der Waals surface area contributed by atoms with Gasteiger partial charge in [-0.25, -0.2) is 9.82 Å². The van der Waals surface area contributed by atoms with Gasteiger partial charge in [0.15, 0.2) is 0 Å². The van der Waals surface area contributed by atoms with Crippen LogP contribution in [-0.4, -0.2) is 17.2 Å². The third-order valence-electron chi connectivity index (χ3n) is 2.87. The molecular formula is C15H12ClFN2O2. The van der Waals surface area contributed by atoms with Crippen LogP contribution in [0.3, 0.4) is 0 Å². The van der Waals surface area contributed by atoms with Gasteiger partial charge >= 0.3 is 0 Å². The van der Waals surface area contributed by atoms with Crippen molar-refractivity contribution in [3.05, 3.63) is 63.9 Å². The number of carbonyl (C=O) groups is 1. The number of aromatic hydroxyl groups is 1. The van der Waals surface area contributed by atoms with Crippen LogP contribution in [0.15, 0.2) is 41.5 Å². The van der Waals surface area contributed by atoms with E-state index in [-0.39, 0.29) is 16.3 Å². The fourth-order valence-corrected chi connectivity index (χ4v) is 1.90. The summed E-state index contributed by atoms with van der Waals surface area (Å²) < 4.78 is 13.2. The molecule has 6 heteroatoms. The van der Waals surface area contributed by atoms with Crippen molar-refractivity contribution in [2.45, 2.75) is 6.92 Å². The maximum absolute atomic E-state index is 13.2. The quantitative estimate of drug-likeness (QED) is 0.675. The zero-order chi connectivity index (χ0) is 15.4. The monoisotopic (exact) mass is 306 g/mol. The van der Waals surface area contributed by atoms with Crippen molar-refractivity contribution in [3.63, 3.8) is 0 Å². The van der Waals surface area contributed by atoms with Gasteiger partial charge in [0, 0.05) is 10.6 Å². The van der Waals surface area contributed by atoms with Gasteiger partial charge in [-0.1, -0.05) is 23.7 Å². The van der Waals surface area contributed by atoms with E-state index >= 15 is 0 Å². The Balaban J connectivity index is 2.13. The van der Waals surface area contributed by atoms with Gasteiger partial charge in [-0.15, -0.1) is 0 Å². The Bertz CT molecular complexity index is 717. The summed E-state index contributed by atoms with van der Waals surface area (Å²) in [6.07, 6.45) is 1.29. The summed E-state index contributed by atoms with van der Waals surface area (Å²) in [5.41, 5.74) is 3.47. The Labute approximate surface area is 125 Å². The highest BCUT2D eigenvalue weighted by Crippen LogP contribution is 2.19. The molecule has 0 unspecified atom stereocenters. The molecule has 0 atom stereocenters. The number of amides is 1. The minimum atomic E-state index is -0.565. The predicted octanol–water partition coefficient (Wildman–Crippen LogP) is 3.26. The molecule has 4 nitrogen and oxygen atoms in total. The van der Waals surface area contributed by atoms with Crippen LogP contribution in [0.5, 0.6) is 5.75 Å². The normalized spacial score (nSPS) is 10.8. The van der Waals surface area contributed by atoms with Crippen molar-refractivity contribution in [1.82, 2.24) is 5.43 Å². The lowest BCUT2D eigenvalue weighted by molar-refractivity contribution is 0.0952. The summed E-state index contributed by atoms with van der Waals surface area (Å²) in [6, 6.07) is 8.55. The van der Waals surface area contributed by atoms with Crippen LogP contribution in [0.25, 0.3) is 0 Å². The molecule has 0 fully saturated rings. The average Bonchev–Trinajstić information content (AvgIpc) is 2.44. The summed E-state index contributed by atoms with van der Waals surface area (Å²) >= 11 is 5.86. The summed E-state index contributed by atoms with van der Waals surface area (Å²) in [5, 5.41) is 13.6. The first-order valence-electron chi connectivity index (χ1n) is 6.06. The van der Waals surface area contributed by atoms with E-state index in [1.165, 1.54) is 30.5 Å². The number of para-hydroxylation sites is 1. The summed E-state index contributed by atoms with van der Waals surface area (Å²) in [6.45, 7) is 1.72. The van der Waals surface area contributed by atoms with Gasteiger partial charge in [-0.3, -0.25) is 4.79 Å². The Morgan fingerprint density at radius 3 is 2.81 bits per heavy atom. The van der Waals surface area contributed by atoms with Gasteiger partial charge < -0.3 is 5.11 Å². The van der Waals surface area contributed by atoms with Crippen molar-refractivity contribution >= 4 is 23.7 Å². The summed E-state index contributed by atoms with van der Waals surface area (Å²) in [4.78, 5) is 11.8. The average molecular weight is 307 g/mol. The summed E-state index contributed by atoms with van der Waals surface area (Å²) in [7, 11) is 0. The molecule has 2 aromatic rings. The fraction of sp³-hybridized carbons (Fsp3) is 0.0667. The standard InChI is InChI=1S/C15H12ClFN2O2/c1-9-10(6-11(17)7-13(9)16)8-18-19-15(21)12-4-2-3-5-14(12)20/h2-8,20H,1H3,(H,19,21)/b18-8+. The van der Waals surface area contributed by atoms with Crippen molar-refractivity contribution in [3.8, 4) is 5.75 Å². The molecule has 108 valence electrons. The number of hydrogen-bond acceptors (Lipinski definition) is 3. The van der Waals surface area contributed by atoms with E-state index in [1.807, 2.05) is 0 Å². The van der Waals surface area contributed by atoms with Gasteiger partial charge in [-0.05, 0) is 36.8 Å². The van der Waals surface area contributed by atoms with Crippen LogP contribution < -0.4 is 5.43 Å². The highest BCUT2D eigenvalue weighted by atomic mass is 35.5. The predicted molar refractivity (Wildman–Crippen MR) is 79.3 cm³/mol. The van der Waals surface area contributed by atoms with Crippen molar-refractivity contribution < 1.29 is 14.3 Å². The van der Waals surface area contributed by atoms with Crippen LogP contribution in [0.4, 0.5) is 4.39 Å². The number of phenols is 1. The van der Waals surface area contributed by atoms with Crippen LogP contribution in [0, 0.1) is 12.7 Å². The number of benzene rings is 2. The largest absolute Gasteiger partial charge is 0.507 e. The molecule has 2 rings (SSSR count). The van der Waals surface area contributed by atoms with Crippen LogP contribution in [0.1, 0.15) is 21.5 Å². The van der Waals surface area contributed by atoms with Crippen LogP contribution >= 0.6 is 11.6 Å². The van der Waals surface area contributed by atoms with E-state index < -0.39 is 11.7 Å². The molecule has 0 aliphatic rings. The van der Waals surface area contributed by atoms with E-state index in [0.29, 0.717) is 11.1 Å². The smallest absolute Gasteiger partial charge is 0.275 e. The molecule has 1 amide bonds. The van der Waals surface area contributed by atoms with Gasteiger partial charge in [-0.2, -0.15) is 5.10 Å². The topological polar surface area (TPSA) is 61.7 Å². The lowest BCUT2D eigenvalue weighted by atomic mass is 10.1. The molecule has 0 aromatic heterocycles. The SMILES string of the molecule is Cc1c(Cl)cc(F)cc1/C=N/NC(=O)c1ccccc1O. The molecule has 0 saturated carbocycles.